The van der Waals surface area contributed by atoms with Gasteiger partial charge in [0, 0.05) is 11.8 Å². The molecule has 3 heterocycles. The minimum Gasteiger partial charge on any atom is -0.322 e. The van der Waals surface area contributed by atoms with Gasteiger partial charge in [-0.15, -0.1) is 0 Å². The van der Waals surface area contributed by atoms with Crippen molar-refractivity contribution in [3.8, 4) is 11.3 Å². The normalized spacial score (nSPS) is 22.3. The van der Waals surface area contributed by atoms with E-state index in [0.29, 0.717) is 22.4 Å². The Morgan fingerprint density at radius 1 is 1.46 bits per heavy atom. The zero-order chi connectivity index (χ0) is 17.3. The van der Waals surface area contributed by atoms with Gasteiger partial charge in [0.25, 0.3) is 0 Å². The van der Waals surface area contributed by atoms with Gasteiger partial charge < -0.3 is 11.1 Å². The molecular weight excluding hydrogens is 316 g/mol. The summed E-state index contributed by atoms with van der Waals surface area (Å²) in [6.07, 6.45) is 6.79. The van der Waals surface area contributed by atoms with Crippen molar-refractivity contribution in [3.63, 3.8) is 0 Å². The first-order chi connectivity index (χ1) is 11.5. The van der Waals surface area contributed by atoms with Crippen LogP contribution in [-0.2, 0) is 4.79 Å². The number of carbonyl (C=O) groups is 1. The highest BCUT2D eigenvalue weighted by molar-refractivity contribution is 5.96. The van der Waals surface area contributed by atoms with Crippen LogP contribution >= 0.6 is 0 Å². The van der Waals surface area contributed by atoms with E-state index in [1.54, 1.807) is 25.1 Å². The lowest BCUT2D eigenvalue weighted by Crippen LogP contribution is -2.20. The van der Waals surface area contributed by atoms with Crippen LogP contribution in [0.5, 0.6) is 0 Å². The molecule has 0 saturated heterocycles. The fourth-order valence-corrected chi connectivity index (χ4v) is 2.57. The van der Waals surface area contributed by atoms with Crippen LogP contribution in [0.25, 0.3) is 11.3 Å². The topological polar surface area (TPSA) is 85.8 Å². The molecule has 24 heavy (non-hydrogen) atoms. The van der Waals surface area contributed by atoms with Gasteiger partial charge in [-0.25, -0.2) is 4.68 Å². The number of aromatic nitrogens is 3. The number of halogens is 2. The second-order valence-corrected chi connectivity index (χ2v) is 5.65. The highest BCUT2D eigenvalue weighted by atomic mass is 19.3. The van der Waals surface area contributed by atoms with Crippen molar-refractivity contribution in [2.24, 2.45) is 11.7 Å². The van der Waals surface area contributed by atoms with E-state index >= 15 is 0 Å². The molecule has 0 spiro atoms. The molecule has 2 aromatic rings. The molecule has 2 bridgehead atoms. The highest BCUT2D eigenvalue weighted by Gasteiger charge is 2.22. The Morgan fingerprint density at radius 3 is 3.00 bits per heavy atom. The Morgan fingerprint density at radius 2 is 2.25 bits per heavy atom. The number of fused-ring (bicyclic) bond motifs is 4. The van der Waals surface area contributed by atoms with E-state index in [4.69, 9.17) is 5.73 Å². The summed E-state index contributed by atoms with van der Waals surface area (Å²) in [4.78, 5) is 16.5. The summed E-state index contributed by atoms with van der Waals surface area (Å²) >= 11 is 0. The van der Waals surface area contributed by atoms with Crippen LogP contribution < -0.4 is 11.1 Å². The van der Waals surface area contributed by atoms with E-state index in [2.05, 4.69) is 15.4 Å². The standard InChI is InChI=1S/C16H17F2N5O/c1-9-3-2-4-11(19)12-7-10(5-6-20-12)14-13(22-15(9)24)8-21-23(14)16(17)18/h2-3,5-9,11,16H,4,19H2,1H3,(H,22,24)/b3-2+/t9-,11+/m1/s1. The van der Waals surface area contributed by atoms with Crippen molar-refractivity contribution in [1.82, 2.24) is 14.8 Å². The SMILES string of the molecule is C[C@@H]1/C=C/C[C@H](N)c2cc(ccn2)-c2c(cnn2C(F)F)NC1=O. The second-order valence-electron chi connectivity index (χ2n) is 5.65. The summed E-state index contributed by atoms with van der Waals surface area (Å²) in [6, 6.07) is 2.85. The summed E-state index contributed by atoms with van der Waals surface area (Å²) in [5.74, 6) is -0.726. The number of anilines is 1. The molecule has 1 amide bonds. The highest BCUT2D eigenvalue weighted by Crippen LogP contribution is 2.33. The molecule has 0 unspecified atom stereocenters. The largest absolute Gasteiger partial charge is 0.333 e. The summed E-state index contributed by atoms with van der Waals surface area (Å²) in [6.45, 7) is -1.11. The van der Waals surface area contributed by atoms with Crippen LogP contribution in [0.1, 0.15) is 31.6 Å². The quantitative estimate of drug-likeness (QED) is 0.786. The van der Waals surface area contributed by atoms with Crippen LogP contribution in [0, 0.1) is 5.92 Å². The van der Waals surface area contributed by atoms with Crippen molar-refractivity contribution in [1.29, 1.82) is 0 Å². The molecule has 6 nitrogen and oxygen atoms in total. The lowest BCUT2D eigenvalue weighted by atomic mass is 10.0. The predicted molar refractivity (Wildman–Crippen MR) is 85.2 cm³/mol. The molecule has 0 saturated carbocycles. The summed E-state index contributed by atoms with van der Waals surface area (Å²) < 4.78 is 27.2. The van der Waals surface area contributed by atoms with Crippen LogP contribution in [0.3, 0.4) is 0 Å². The van der Waals surface area contributed by atoms with Crippen molar-refractivity contribution in [2.75, 3.05) is 5.32 Å². The molecule has 1 aliphatic rings. The lowest BCUT2D eigenvalue weighted by molar-refractivity contribution is -0.118. The first kappa shape index (κ1) is 16.3. The molecule has 2 atom stereocenters. The number of hydrogen-bond donors (Lipinski definition) is 2. The number of pyridine rings is 1. The maximum absolute atomic E-state index is 13.3. The first-order valence-electron chi connectivity index (χ1n) is 7.52. The van der Waals surface area contributed by atoms with Gasteiger partial charge in [-0.3, -0.25) is 9.78 Å². The molecule has 3 rings (SSSR count). The van der Waals surface area contributed by atoms with Gasteiger partial charge in [-0.1, -0.05) is 19.1 Å². The van der Waals surface area contributed by atoms with Gasteiger partial charge >= 0.3 is 6.55 Å². The van der Waals surface area contributed by atoms with Gasteiger partial charge in [0.2, 0.25) is 5.91 Å². The number of alkyl halides is 2. The average molecular weight is 333 g/mol. The monoisotopic (exact) mass is 333 g/mol. The third-order valence-electron chi connectivity index (χ3n) is 3.90. The Labute approximate surface area is 137 Å². The number of nitrogens with zero attached hydrogens (tertiary/aromatic N) is 3. The van der Waals surface area contributed by atoms with E-state index in [0.717, 1.165) is 0 Å². The Bertz CT molecular complexity index is 787. The number of nitrogens with one attached hydrogen (secondary N) is 1. The predicted octanol–water partition coefficient (Wildman–Crippen LogP) is 2.87. The van der Waals surface area contributed by atoms with E-state index in [-0.39, 0.29) is 23.3 Å². The fraction of sp³-hybridized carbons (Fsp3) is 0.312. The summed E-state index contributed by atoms with van der Waals surface area (Å²) in [5.41, 5.74) is 7.53. The van der Waals surface area contributed by atoms with Gasteiger partial charge in [-0.2, -0.15) is 13.9 Å². The smallest absolute Gasteiger partial charge is 0.322 e. The van der Waals surface area contributed by atoms with Crippen LogP contribution in [0.2, 0.25) is 0 Å². The second kappa shape index (κ2) is 6.48. The van der Waals surface area contributed by atoms with E-state index in [1.165, 1.54) is 12.4 Å². The molecule has 126 valence electrons. The Balaban J connectivity index is 2.18. The third-order valence-corrected chi connectivity index (χ3v) is 3.90. The first-order valence-corrected chi connectivity index (χ1v) is 7.52. The summed E-state index contributed by atoms with van der Waals surface area (Å²) in [5, 5.41) is 6.37. The molecule has 8 heteroatoms. The number of amides is 1. The van der Waals surface area contributed by atoms with Gasteiger partial charge in [0.05, 0.1) is 35.2 Å². The zero-order valence-corrected chi connectivity index (χ0v) is 13.0. The zero-order valence-electron chi connectivity index (χ0n) is 13.0. The number of hydrogen-bond acceptors (Lipinski definition) is 4. The summed E-state index contributed by atoms with van der Waals surface area (Å²) in [7, 11) is 0. The Kier molecular flexibility index (Phi) is 4.39. The minimum absolute atomic E-state index is 0.131. The molecule has 1 aliphatic heterocycles. The average Bonchev–Trinajstić information content (AvgIpc) is 2.97. The van der Waals surface area contributed by atoms with E-state index in [9.17, 15) is 13.6 Å². The Hall–Kier alpha value is -2.61. The van der Waals surface area contributed by atoms with Crippen molar-refractivity contribution in [3.05, 3.63) is 42.4 Å². The third kappa shape index (κ3) is 3.05. The van der Waals surface area contributed by atoms with Gasteiger partial charge in [0.15, 0.2) is 0 Å². The fourth-order valence-electron chi connectivity index (χ4n) is 2.57. The van der Waals surface area contributed by atoms with Gasteiger partial charge in [0.1, 0.15) is 0 Å². The van der Waals surface area contributed by atoms with Crippen LogP contribution in [0.15, 0.2) is 36.7 Å². The lowest BCUT2D eigenvalue weighted by Gasteiger charge is -2.15. The molecule has 0 radical (unpaired) electrons. The maximum Gasteiger partial charge on any atom is 0.333 e. The molecule has 0 aliphatic carbocycles. The molecule has 0 fully saturated rings. The molecule has 2 aromatic heterocycles. The van der Waals surface area contributed by atoms with Gasteiger partial charge in [-0.05, 0) is 18.6 Å². The number of rotatable bonds is 1. The molecule has 3 N–H and O–H groups in total. The minimum atomic E-state index is -2.83. The van der Waals surface area contributed by atoms with Crippen LogP contribution in [0.4, 0.5) is 14.5 Å². The molecule has 0 aromatic carbocycles. The van der Waals surface area contributed by atoms with Crippen molar-refractivity contribution < 1.29 is 13.6 Å². The number of nitrogens with two attached hydrogens (primary N) is 1. The van der Waals surface area contributed by atoms with E-state index in [1.807, 2.05) is 6.08 Å². The van der Waals surface area contributed by atoms with E-state index < -0.39 is 12.5 Å². The molecular formula is C16H17F2N5O. The van der Waals surface area contributed by atoms with Crippen LogP contribution in [-0.4, -0.2) is 20.7 Å². The van der Waals surface area contributed by atoms with Crippen molar-refractivity contribution >= 4 is 11.6 Å². The van der Waals surface area contributed by atoms with Crippen molar-refractivity contribution in [2.45, 2.75) is 25.9 Å². The number of carbonyl (C=O) groups excluding carboxylic acids is 1. The maximum atomic E-state index is 13.3.